The number of carbonyl (C=O) groups excluding carboxylic acids is 4. The van der Waals surface area contributed by atoms with Crippen molar-refractivity contribution in [3.8, 4) is 0 Å². The van der Waals surface area contributed by atoms with Crippen LogP contribution in [0, 0.1) is 17.8 Å². The number of piperidine rings is 1. The third-order valence-electron chi connectivity index (χ3n) is 6.49. The van der Waals surface area contributed by atoms with Crippen LogP contribution >= 0.6 is 0 Å². The first-order valence-electron chi connectivity index (χ1n) is 12.3. The van der Waals surface area contributed by atoms with Crippen molar-refractivity contribution in [3.63, 3.8) is 0 Å². The molecule has 34 heavy (non-hydrogen) atoms. The molecule has 2 rings (SSSR count). The van der Waals surface area contributed by atoms with E-state index in [0.29, 0.717) is 19.3 Å². The normalized spacial score (nSPS) is 28.7. The van der Waals surface area contributed by atoms with Crippen molar-refractivity contribution in [2.24, 2.45) is 17.8 Å². The lowest BCUT2D eigenvalue weighted by Crippen LogP contribution is -2.39. The van der Waals surface area contributed by atoms with Gasteiger partial charge in [0.05, 0.1) is 12.2 Å². The molecule has 2 aliphatic rings. The number of hydrogen-bond donors (Lipinski definition) is 3. The number of ketones is 1. The fourth-order valence-corrected chi connectivity index (χ4v) is 4.72. The number of amides is 2. The maximum Gasteiger partial charge on any atom is 0.306 e. The Morgan fingerprint density at radius 1 is 1.24 bits per heavy atom. The van der Waals surface area contributed by atoms with Crippen LogP contribution in [-0.2, 0) is 23.9 Å². The monoisotopic (exact) mass is 477 g/mol. The van der Waals surface area contributed by atoms with Crippen molar-refractivity contribution in [3.05, 3.63) is 23.8 Å². The van der Waals surface area contributed by atoms with E-state index < -0.39 is 24.2 Å². The van der Waals surface area contributed by atoms with Gasteiger partial charge in [-0.2, -0.15) is 0 Å². The van der Waals surface area contributed by atoms with Gasteiger partial charge in [-0.1, -0.05) is 32.1 Å². The van der Waals surface area contributed by atoms with E-state index in [9.17, 15) is 29.4 Å². The van der Waals surface area contributed by atoms with E-state index in [1.54, 1.807) is 19.1 Å². The standard InChI is InChI=1S/C26H39NO7/c1-16(22(30)15-21(29)12-19-13-23(31)27-24(32)14-19)10-17(2)26-18(3)11-20(28)8-6-4-5-7-9-25(33)34-26/h6,8,10,16,18-21,26,28-29H,4-5,7,9,11-15H2,1-3H3,(H,27,31,32)/b8-6+,17-10+/t16-,18-,20+,21+,26-/m0/s1. The third-order valence-corrected chi connectivity index (χ3v) is 6.49. The van der Waals surface area contributed by atoms with Crippen molar-refractivity contribution in [2.75, 3.05) is 0 Å². The second-order valence-corrected chi connectivity index (χ2v) is 9.87. The number of carbonyl (C=O) groups is 4. The summed E-state index contributed by atoms with van der Waals surface area (Å²) in [6, 6.07) is 0. The molecule has 2 heterocycles. The summed E-state index contributed by atoms with van der Waals surface area (Å²) in [6.45, 7) is 5.46. The van der Waals surface area contributed by atoms with Gasteiger partial charge in [0.15, 0.2) is 0 Å². The summed E-state index contributed by atoms with van der Waals surface area (Å²) in [4.78, 5) is 48.1. The molecule has 190 valence electrons. The first kappa shape index (κ1) is 27.9. The number of cyclic esters (lactones) is 1. The molecule has 8 heteroatoms. The lowest BCUT2D eigenvalue weighted by atomic mass is 9.87. The molecule has 0 aromatic carbocycles. The molecule has 2 amide bonds. The smallest absolute Gasteiger partial charge is 0.306 e. The number of rotatable bonds is 7. The predicted octanol–water partition coefficient (Wildman–Crippen LogP) is 2.76. The van der Waals surface area contributed by atoms with E-state index in [-0.39, 0.29) is 61.1 Å². The van der Waals surface area contributed by atoms with Crippen LogP contribution in [0.5, 0.6) is 0 Å². The van der Waals surface area contributed by atoms with E-state index in [0.717, 1.165) is 18.4 Å². The Labute approximate surface area is 201 Å². The number of ether oxygens (including phenoxy) is 1. The molecule has 0 radical (unpaired) electrons. The zero-order valence-electron chi connectivity index (χ0n) is 20.5. The molecular formula is C26H39NO7. The van der Waals surface area contributed by atoms with Gasteiger partial charge < -0.3 is 14.9 Å². The van der Waals surface area contributed by atoms with Crippen LogP contribution in [0.2, 0.25) is 0 Å². The van der Waals surface area contributed by atoms with Crippen molar-refractivity contribution < 1.29 is 34.1 Å². The summed E-state index contributed by atoms with van der Waals surface area (Å²) < 4.78 is 5.76. The first-order chi connectivity index (χ1) is 16.0. The van der Waals surface area contributed by atoms with Crippen molar-refractivity contribution in [1.82, 2.24) is 5.32 Å². The predicted molar refractivity (Wildman–Crippen MR) is 126 cm³/mol. The quantitative estimate of drug-likeness (QED) is 0.292. The molecule has 0 aromatic heterocycles. The molecule has 0 unspecified atom stereocenters. The molecule has 0 saturated carbocycles. The topological polar surface area (TPSA) is 130 Å². The van der Waals surface area contributed by atoms with Gasteiger partial charge in [-0.15, -0.1) is 0 Å². The molecule has 8 nitrogen and oxygen atoms in total. The van der Waals surface area contributed by atoms with E-state index in [4.69, 9.17) is 4.74 Å². The SMILES string of the molecule is C/C(=C\[C@H](C)C(=O)C[C@H](O)CC1CC(=O)NC(=O)C1)[C@@H]1OC(=O)CCCC/C=C/[C@@H](O)C[C@@H]1C. The maximum atomic E-state index is 12.7. The van der Waals surface area contributed by atoms with Crippen LogP contribution < -0.4 is 5.32 Å². The van der Waals surface area contributed by atoms with Gasteiger partial charge in [-0.3, -0.25) is 24.5 Å². The molecular weight excluding hydrogens is 438 g/mol. The Hall–Kier alpha value is -2.32. The Morgan fingerprint density at radius 3 is 2.59 bits per heavy atom. The number of aliphatic hydroxyl groups is 2. The van der Waals surface area contributed by atoms with Crippen molar-refractivity contribution in [1.29, 1.82) is 0 Å². The Balaban J connectivity index is 2.01. The van der Waals surface area contributed by atoms with Crippen LogP contribution in [0.1, 0.15) is 78.6 Å². The minimum absolute atomic E-state index is 0.0826. The largest absolute Gasteiger partial charge is 0.458 e. The molecule has 0 bridgehead atoms. The molecule has 0 spiro atoms. The highest BCUT2D eigenvalue weighted by atomic mass is 16.5. The number of nitrogens with one attached hydrogen (secondary N) is 1. The molecule has 3 N–H and O–H groups in total. The maximum absolute atomic E-state index is 12.7. The van der Waals surface area contributed by atoms with Crippen LogP contribution in [-0.4, -0.2) is 52.1 Å². The van der Waals surface area contributed by atoms with Gasteiger partial charge >= 0.3 is 5.97 Å². The average molecular weight is 478 g/mol. The molecule has 0 aromatic rings. The second kappa shape index (κ2) is 13.5. The fraction of sp³-hybridized carbons (Fsp3) is 0.692. The van der Waals surface area contributed by atoms with Gasteiger partial charge in [0, 0.05) is 31.6 Å². The highest BCUT2D eigenvalue weighted by molar-refractivity contribution is 5.97. The van der Waals surface area contributed by atoms with E-state index >= 15 is 0 Å². The summed E-state index contributed by atoms with van der Waals surface area (Å²) in [5, 5.41) is 22.9. The molecule has 0 aliphatic carbocycles. The van der Waals surface area contributed by atoms with Crippen molar-refractivity contribution >= 4 is 23.6 Å². The van der Waals surface area contributed by atoms with Crippen LogP contribution in [0.3, 0.4) is 0 Å². The first-order valence-corrected chi connectivity index (χ1v) is 12.3. The van der Waals surface area contributed by atoms with Gasteiger partial charge in [0.2, 0.25) is 11.8 Å². The Morgan fingerprint density at radius 2 is 1.91 bits per heavy atom. The Kier molecular flexibility index (Phi) is 11.1. The lowest BCUT2D eigenvalue weighted by Gasteiger charge is -2.27. The summed E-state index contributed by atoms with van der Waals surface area (Å²) in [7, 11) is 0. The minimum atomic E-state index is -0.938. The summed E-state index contributed by atoms with van der Waals surface area (Å²) in [5.41, 5.74) is 0.735. The number of hydrogen-bond acceptors (Lipinski definition) is 7. The van der Waals surface area contributed by atoms with Crippen LogP contribution in [0.4, 0.5) is 0 Å². The van der Waals surface area contributed by atoms with Gasteiger partial charge in [0.1, 0.15) is 11.9 Å². The highest BCUT2D eigenvalue weighted by Crippen LogP contribution is 2.26. The highest BCUT2D eigenvalue weighted by Gasteiger charge is 2.29. The summed E-state index contributed by atoms with van der Waals surface area (Å²) >= 11 is 0. The van der Waals surface area contributed by atoms with E-state index in [2.05, 4.69) is 5.32 Å². The number of Topliss-reactive ketones (excluding diaryl/α,β-unsaturated/α-hetero) is 1. The van der Waals surface area contributed by atoms with Crippen molar-refractivity contribution in [2.45, 2.75) is 96.9 Å². The summed E-state index contributed by atoms with van der Waals surface area (Å²) in [6.07, 6.45) is 6.96. The summed E-state index contributed by atoms with van der Waals surface area (Å²) in [5.74, 6) is -2.10. The third kappa shape index (κ3) is 9.50. The molecule has 1 fully saturated rings. The number of aliphatic hydroxyl groups excluding tert-OH is 2. The Bertz CT molecular complexity index is 787. The molecule has 5 atom stereocenters. The van der Waals surface area contributed by atoms with E-state index in [1.165, 1.54) is 0 Å². The van der Waals surface area contributed by atoms with Crippen LogP contribution in [0.15, 0.2) is 23.8 Å². The zero-order valence-corrected chi connectivity index (χ0v) is 20.5. The number of esters is 1. The van der Waals surface area contributed by atoms with E-state index in [1.807, 2.05) is 19.9 Å². The molecule has 2 aliphatic heterocycles. The van der Waals surface area contributed by atoms with Crippen LogP contribution in [0.25, 0.3) is 0 Å². The lowest BCUT2D eigenvalue weighted by molar-refractivity contribution is -0.150. The minimum Gasteiger partial charge on any atom is -0.458 e. The second-order valence-electron chi connectivity index (χ2n) is 9.87. The average Bonchev–Trinajstić information content (AvgIpc) is 2.72. The van der Waals surface area contributed by atoms with Gasteiger partial charge in [-0.25, -0.2) is 0 Å². The fourth-order valence-electron chi connectivity index (χ4n) is 4.72. The number of imide groups is 1. The van der Waals surface area contributed by atoms with Gasteiger partial charge in [-0.05, 0) is 56.4 Å². The zero-order chi connectivity index (χ0) is 25.3. The number of allylic oxidation sites excluding steroid dienone is 2. The van der Waals surface area contributed by atoms with Gasteiger partial charge in [0.25, 0.3) is 0 Å². The molecule has 1 saturated heterocycles.